The number of amides is 1. The fourth-order valence-corrected chi connectivity index (χ4v) is 4.21. The number of hydrogen-bond donors (Lipinski definition) is 1. The summed E-state index contributed by atoms with van der Waals surface area (Å²) in [7, 11) is 3.22. The van der Waals surface area contributed by atoms with Gasteiger partial charge in [0.25, 0.3) is 5.91 Å². The van der Waals surface area contributed by atoms with Crippen LogP contribution in [0.25, 0.3) is 11.3 Å². The molecule has 0 saturated carbocycles. The third-order valence-corrected chi connectivity index (χ3v) is 5.87. The van der Waals surface area contributed by atoms with E-state index in [2.05, 4.69) is 15.4 Å². The quantitative estimate of drug-likeness (QED) is 0.415. The molecule has 2 aromatic heterocycles. The summed E-state index contributed by atoms with van der Waals surface area (Å²) in [6.45, 7) is 2.64. The zero-order valence-electron chi connectivity index (χ0n) is 18.2. The molecule has 7 nitrogen and oxygen atoms in total. The predicted octanol–water partition coefficient (Wildman–Crippen LogP) is 4.89. The highest BCUT2D eigenvalue weighted by atomic mass is 32.1. The molecular formula is C24H24N4O3S. The molecule has 0 aliphatic rings. The number of ether oxygens (including phenoxy) is 2. The Balaban J connectivity index is 1.54. The number of nitrogens with one attached hydrogen (secondary N) is 1. The van der Waals surface area contributed by atoms with Crippen LogP contribution in [0.1, 0.15) is 28.5 Å². The number of benzene rings is 2. The molecule has 2 aromatic carbocycles. The van der Waals surface area contributed by atoms with Crippen molar-refractivity contribution in [3.05, 3.63) is 76.9 Å². The third-order valence-electron chi connectivity index (χ3n) is 5.11. The maximum Gasteiger partial charge on any atom is 0.260 e. The average molecular weight is 449 g/mol. The molecule has 2 heterocycles. The van der Waals surface area contributed by atoms with Gasteiger partial charge in [-0.1, -0.05) is 37.3 Å². The molecule has 0 aliphatic carbocycles. The smallest absolute Gasteiger partial charge is 0.260 e. The first-order valence-electron chi connectivity index (χ1n) is 10.2. The molecule has 0 unspecified atom stereocenters. The summed E-state index contributed by atoms with van der Waals surface area (Å²) in [6.07, 6.45) is 2.32. The number of thiazole rings is 1. The van der Waals surface area contributed by atoms with E-state index >= 15 is 0 Å². The van der Waals surface area contributed by atoms with E-state index in [-0.39, 0.29) is 5.91 Å². The van der Waals surface area contributed by atoms with E-state index in [0.29, 0.717) is 40.9 Å². The van der Waals surface area contributed by atoms with E-state index in [9.17, 15) is 4.79 Å². The van der Waals surface area contributed by atoms with Gasteiger partial charge in [0.1, 0.15) is 11.5 Å². The van der Waals surface area contributed by atoms with E-state index in [4.69, 9.17) is 9.47 Å². The van der Waals surface area contributed by atoms with Gasteiger partial charge in [-0.05, 0) is 30.2 Å². The Kier molecular flexibility index (Phi) is 6.51. The molecule has 0 bridgehead atoms. The van der Waals surface area contributed by atoms with Gasteiger partial charge in [-0.2, -0.15) is 5.10 Å². The van der Waals surface area contributed by atoms with E-state index < -0.39 is 0 Å². The number of hydrogen-bond acceptors (Lipinski definition) is 6. The van der Waals surface area contributed by atoms with Gasteiger partial charge in [-0.25, -0.2) is 4.98 Å². The Morgan fingerprint density at radius 1 is 1.12 bits per heavy atom. The second-order valence-electron chi connectivity index (χ2n) is 7.06. The van der Waals surface area contributed by atoms with Gasteiger partial charge in [-0.3, -0.25) is 14.8 Å². The number of nitrogens with zero attached hydrogens (tertiary/aromatic N) is 3. The number of carbonyl (C=O) groups excluding carboxylic acids is 1. The van der Waals surface area contributed by atoms with Gasteiger partial charge in [0, 0.05) is 10.9 Å². The molecule has 4 aromatic rings. The number of rotatable bonds is 8. The second-order valence-corrected chi connectivity index (χ2v) is 7.92. The minimum absolute atomic E-state index is 0.223. The van der Waals surface area contributed by atoms with Crippen LogP contribution < -0.4 is 14.8 Å². The summed E-state index contributed by atoms with van der Waals surface area (Å²) in [4.78, 5) is 17.6. The summed E-state index contributed by atoms with van der Waals surface area (Å²) in [5, 5.41) is 9.75. The SMILES string of the molecule is CCc1c(C(=O)Nc2nc(-c3cc(OC)ccc3OC)cs2)cnn1Cc1ccccc1. The van der Waals surface area contributed by atoms with Crippen molar-refractivity contribution in [3.63, 3.8) is 0 Å². The van der Waals surface area contributed by atoms with Gasteiger partial charge < -0.3 is 9.47 Å². The zero-order valence-corrected chi connectivity index (χ0v) is 19.0. The number of methoxy groups -OCH3 is 2. The molecule has 164 valence electrons. The lowest BCUT2D eigenvalue weighted by atomic mass is 10.1. The van der Waals surface area contributed by atoms with E-state index in [0.717, 1.165) is 16.8 Å². The monoisotopic (exact) mass is 448 g/mol. The standard InChI is InChI=1S/C24H24N4O3S/c1-4-21-19(13-25-28(21)14-16-8-6-5-7-9-16)23(29)27-24-26-20(15-32-24)18-12-17(30-2)10-11-22(18)31-3/h5-13,15H,4,14H2,1-3H3,(H,26,27,29). The van der Waals surface area contributed by atoms with Crippen LogP contribution in [0.3, 0.4) is 0 Å². The van der Waals surface area contributed by atoms with Crippen LogP contribution in [0.2, 0.25) is 0 Å². The van der Waals surface area contributed by atoms with E-state index in [1.165, 1.54) is 11.3 Å². The summed E-state index contributed by atoms with van der Waals surface area (Å²) < 4.78 is 12.6. The number of anilines is 1. The van der Waals surface area contributed by atoms with Crippen LogP contribution in [0.5, 0.6) is 11.5 Å². The van der Waals surface area contributed by atoms with Crippen molar-refractivity contribution in [2.45, 2.75) is 19.9 Å². The van der Waals surface area contributed by atoms with Gasteiger partial charge in [0.2, 0.25) is 0 Å². The normalized spacial score (nSPS) is 10.7. The predicted molar refractivity (Wildman–Crippen MR) is 126 cm³/mol. The Hall–Kier alpha value is -3.65. The first-order valence-corrected chi connectivity index (χ1v) is 11.1. The van der Waals surface area contributed by atoms with Crippen LogP contribution in [-0.4, -0.2) is 34.9 Å². The van der Waals surface area contributed by atoms with E-state index in [1.54, 1.807) is 20.4 Å². The Bertz CT molecular complexity index is 1220. The second kappa shape index (κ2) is 9.65. The maximum absolute atomic E-state index is 13.0. The molecule has 0 spiro atoms. The highest BCUT2D eigenvalue weighted by molar-refractivity contribution is 7.14. The zero-order chi connectivity index (χ0) is 22.5. The fraction of sp³-hybridized carbons (Fsp3) is 0.208. The minimum Gasteiger partial charge on any atom is -0.497 e. The molecule has 32 heavy (non-hydrogen) atoms. The van der Waals surface area contributed by atoms with Crippen molar-refractivity contribution in [2.24, 2.45) is 0 Å². The molecule has 0 fully saturated rings. The average Bonchev–Trinajstić information content (AvgIpc) is 3.46. The fourth-order valence-electron chi connectivity index (χ4n) is 3.50. The van der Waals surface area contributed by atoms with Crippen LogP contribution in [0.15, 0.2) is 60.1 Å². The van der Waals surface area contributed by atoms with Gasteiger partial charge in [-0.15, -0.1) is 11.3 Å². The van der Waals surface area contributed by atoms with Crippen molar-refractivity contribution in [1.29, 1.82) is 0 Å². The topological polar surface area (TPSA) is 78.3 Å². The molecule has 0 atom stereocenters. The summed E-state index contributed by atoms with van der Waals surface area (Å²) >= 11 is 1.36. The lowest BCUT2D eigenvalue weighted by molar-refractivity contribution is 0.102. The van der Waals surface area contributed by atoms with Crippen molar-refractivity contribution in [3.8, 4) is 22.8 Å². The van der Waals surface area contributed by atoms with Crippen LogP contribution in [-0.2, 0) is 13.0 Å². The highest BCUT2D eigenvalue weighted by Crippen LogP contribution is 2.35. The molecule has 0 saturated heterocycles. The highest BCUT2D eigenvalue weighted by Gasteiger charge is 2.19. The van der Waals surface area contributed by atoms with Gasteiger partial charge in [0.15, 0.2) is 5.13 Å². The Labute approximate surface area is 190 Å². The maximum atomic E-state index is 13.0. The molecule has 0 radical (unpaired) electrons. The molecule has 0 aliphatic heterocycles. The van der Waals surface area contributed by atoms with Crippen LogP contribution >= 0.6 is 11.3 Å². The summed E-state index contributed by atoms with van der Waals surface area (Å²) in [6, 6.07) is 15.6. The first-order chi connectivity index (χ1) is 15.6. The molecule has 4 rings (SSSR count). The number of carbonyl (C=O) groups is 1. The Morgan fingerprint density at radius 3 is 2.66 bits per heavy atom. The molecule has 1 N–H and O–H groups in total. The van der Waals surface area contributed by atoms with Crippen molar-refractivity contribution >= 4 is 22.4 Å². The molecule has 8 heteroatoms. The summed E-state index contributed by atoms with van der Waals surface area (Å²) in [5.41, 5.74) is 4.08. The van der Waals surface area contributed by atoms with Crippen molar-refractivity contribution in [1.82, 2.24) is 14.8 Å². The third kappa shape index (κ3) is 4.50. The largest absolute Gasteiger partial charge is 0.497 e. The van der Waals surface area contributed by atoms with Crippen LogP contribution in [0, 0.1) is 0 Å². The van der Waals surface area contributed by atoms with Crippen molar-refractivity contribution in [2.75, 3.05) is 19.5 Å². The number of aromatic nitrogens is 3. The summed E-state index contributed by atoms with van der Waals surface area (Å²) in [5.74, 6) is 1.17. The lowest BCUT2D eigenvalue weighted by Crippen LogP contribution is -2.15. The lowest BCUT2D eigenvalue weighted by Gasteiger charge is -2.09. The first kappa shape index (κ1) is 21.6. The van der Waals surface area contributed by atoms with Crippen LogP contribution in [0.4, 0.5) is 5.13 Å². The minimum atomic E-state index is -0.223. The molecular weight excluding hydrogens is 424 g/mol. The molecule has 1 amide bonds. The Morgan fingerprint density at radius 2 is 1.94 bits per heavy atom. The van der Waals surface area contributed by atoms with Gasteiger partial charge in [0.05, 0.1) is 43.9 Å². The van der Waals surface area contributed by atoms with Gasteiger partial charge >= 0.3 is 0 Å². The van der Waals surface area contributed by atoms with E-state index in [1.807, 2.05) is 65.5 Å². The van der Waals surface area contributed by atoms with Crippen molar-refractivity contribution < 1.29 is 14.3 Å².